The third-order valence-corrected chi connectivity index (χ3v) is 4.48. The van der Waals surface area contributed by atoms with E-state index < -0.39 is 0 Å². The van der Waals surface area contributed by atoms with Gasteiger partial charge in [0.15, 0.2) is 0 Å². The first-order valence-electron chi connectivity index (χ1n) is 5.95. The van der Waals surface area contributed by atoms with Gasteiger partial charge in [0.2, 0.25) is 0 Å². The van der Waals surface area contributed by atoms with Crippen molar-refractivity contribution in [1.29, 1.82) is 0 Å². The summed E-state index contributed by atoms with van der Waals surface area (Å²) in [5.41, 5.74) is 1.05. The molecule has 106 valence electrons. The molecule has 0 unspecified atom stereocenters. The van der Waals surface area contributed by atoms with Gasteiger partial charge in [-0.25, -0.2) is 9.97 Å². The fraction of sp³-hybridized carbons (Fsp3) is 0.308. The largest absolute Gasteiger partial charge is 0.343 e. The van der Waals surface area contributed by atoms with Crippen LogP contribution in [0.25, 0.3) is 0 Å². The third-order valence-electron chi connectivity index (χ3n) is 2.71. The molecule has 0 bridgehead atoms. The van der Waals surface area contributed by atoms with Crippen LogP contribution in [0, 0.1) is 13.8 Å². The van der Waals surface area contributed by atoms with Gasteiger partial charge < -0.3 is 5.32 Å². The molecule has 0 saturated carbocycles. The predicted octanol–water partition coefficient (Wildman–Crippen LogP) is 3.95. The topological polar surface area (TPSA) is 54.9 Å². The normalized spacial score (nSPS) is 12.2. The van der Waals surface area contributed by atoms with Crippen molar-refractivity contribution in [2.75, 3.05) is 0 Å². The smallest absolute Gasteiger partial charge is 0.271 e. The Morgan fingerprint density at radius 3 is 2.60 bits per heavy atom. The Morgan fingerprint density at radius 1 is 1.30 bits per heavy atom. The van der Waals surface area contributed by atoms with Crippen molar-refractivity contribution in [3.8, 4) is 0 Å². The third kappa shape index (κ3) is 3.29. The lowest BCUT2D eigenvalue weighted by atomic mass is 10.2. The van der Waals surface area contributed by atoms with Crippen LogP contribution < -0.4 is 5.32 Å². The Balaban J connectivity index is 2.19. The Kier molecular flexibility index (Phi) is 4.62. The van der Waals surface area contributed by atoms with Gasteiger partial charge in [0.1, 0.15) is 10.8 Å². The number of carbonyl (C=O) groups excluding carboxylic acids is 1. The van der Waals surface area contributed by atoms with Crippen LogP contribution in [0.4, 0.5) is 0 Å². The Labute approximate surface area is 131 Å². The van der Waals surface area contributed by atoms with Crippen LogP contribution in [-0.4, -0.2) is 15.9 Å². The minimum absolute atomic E-state index is 0.130. The monoisotopic (exact) mass is 329 g/mol. The molecule has 0 spiro atoms. The number of halogens is 2. The van der Waals surface area contributed by atoms with Crippen molar-refractivity contribution in [1.82, 2.24) is 15.3 Å². The van der Waals surface area contributed by atoms with Gasteiger partial charge in [-0.05, 0) is 32.9 Å². The molecule has 4 nitrogen and oxygen atoms in total. The zero-order valence-corrected chi connectivity index (χ0v) is 13.5. The highest BCUT2D eigenvalue weighted by Gasteiger charge is 2.19. The zero-order chi connectivity index (χ0) is 14.9. The number of nitrogens with zero attached hydrogens (tertiary/aromatic N) is 2. The fourth-order valence-electron chi connectivity index (χ4n) is 1.86. The van der Waals surface area contributed by atoms with Gasteiger partial charge in [-0.15, -0.1) is 11.3 Å². The maximum Gasteiger partial charge on any atom is 0.271 e. The second kappa shape index (κ2) is 6.08. The average molecular weight is 330 g/mol. The van der Waals surface area contributed by atoms with Gasteiger partial charge in [0.05, 0.1) is 21.8 Å². The summed E-state index contributed by atoms with van der Waals surface area (Å²) in [5, 5.41) is 4.34. The summed E-state index contributed by atoms with van der Waals surface area (Å²) in [5.74, 6) is -0.351. The SMILES string of the molecule is Cc1nc(C)c([C@H](C)NC(=O)c2nc(Cl)ccc2Cl)s1. The van der Waals surface area contributed by atoms with E-state index in [2.05, 4.69) is 15.3 Å². The van der Waals surface area contributed by atoms with E-state index in [1.165, 1.54) is 0 Å². The van der Waals surface area contributed by atoms with E-state index in [1.807, 2.05) is 20.8 Å². The highest BCUT2D eigenvalue weighted by molar-refractivity contribution is 7.11. The quantitative estimate of drug-likeness (QED) is 0.867. The number of nitrogens with one attached hydrogen (secondary N) is 1. The Bertz CT molecular complexity index is 657. The van der Waals surface area contributed by atoms with Crippen molar-refractivity contribution >= 4 is 40.4 Å². The molecule has 2 aromatic heterocycles. The number of thiazole rings is 1. The van der Waals surface area contributed by atoms with Crippen LogP contribution in [0.2, 0.25) is 10.2 Å². The molecule has 0 fully saturated rings. The lowest BCUT2D eigenvalue weighted by molar-refractivity contribution is 0.0935. The molecular weight excluding hydrogens is 317 g/mol. The molecule has 1 amide bonds. The van der Waals surface area contributed by atoms with E-state index in [4.69, 9.17) is 23.2 Å². The van der Waals surface area contributed by atoms with Crippen molar-refractivity contribution in [3.05, 3.63) is 43.6 Å². The molecule has 0 aliphatic heterocycles. The lowest BCUT2D eigenvalue weighted by Gasteiger charge is -2.13. The summed E-state index contributed by atoms with van der Waals surface area (Å²) in [7, 11) is 0. The maximum absolute atomic E-state index is 12.2. The molecule has 0 aliphatic carbocycles. The standard InChI is InChI=1S/C13H13Cl2N3OS/c1-6-12(20-8(3)16-6)7(2)17-13(19)11-9(14)4-5-10(15)18-11/h4-5,7H,1-3H3,(H,17,19)/t7-/m0/s1. The summed E-state index contributed by atoms with van der Waals surface area (Å²) < 4.78 is 0. The molecule has 1 N–H and O–H groups in total. The molecule has 0 saturated heterocycles. The zero-order valence-electron chi connectivity index (χ0n) is 11.2. The summed E-state index contributed by atoms with van der Waals surface area (Å²) >= 11 is 13.3. The van der Waals surface area contributed by atoms with Crippen LogP contribution in [0.3, 0.4) is 0 Å². The van der Waals surface area contributed by atoms with E-state index in [0.29, 0.717) is 0 Å². The Hall–Kier alpha value is -1.17. The molecule has 7 heteroatoms. The number of amides is 1. The highest BCUT2D eigenvalue weighted by Crippen LogP contribution is 2.25. The molecular formula is C13H13Cl2N3OS. The number of pyridine rings is 1. The van der Waals surface area contributed by atoms with Gasteiger partial charge in [-0.2, -0.15) is 0 Å². The molecule has 2 heterocycles. The highest BCUT2D eigenvalue weighted by atomic mass is 35.5. The molecule has 0 aromatic carbocycles. The van der Waals surface area contributed by atoms with Crippen molar-refractivity contribution in [2.45, 2.75) is 26.8 Å². The van der Waals surface area contributed by atoms with Crippen molar-refractivity contribution in [2.24, 2.45) is 0 Å². The predicted molar refractivity (Wildman–Crippen MR) is 81.7 cm³/mol. The number of carbonyl (C=O) groups is 1. The summed E-state index contributed by atoms with van der Waals surface area (Å²) in [6.45, 7) is 5.76. The molecule has 2 rings (SSSR count). The fourth-order valence-corrected chi connectivity index (χ4v) is 3.13. The first kappa shape index (κ1) is 15.2. The van der Waals surface area contributed by atoms with E-state index in [0.717, 1.165) is 15.6 Å². The molecule has 1 atom stereocenters. The summed E-state index contributed by atoms with van der Waals surface area (Å²) in [4.78, 5) is 21.5. The van der Waals surface area contributed by atoms with Crippen molar-refractivity contribution < 1.29 is 4.79 Å². The van der Waals surface area contributed by atoms with Gasteiger partial charge in [-0.1, -0.05) is 23.2 Å². The first-order valence-corrected chi connectivity index (χ1v) is 7.52. The molecule has 0 radical (unpaired) electrons. The molecule has 2 aromatic rings. The second-order valence-corrected chi connectivity index (χ2v) is 6.37. The minimum Gasteiger partial charge on any atom is -0.343 e. The lowest BCUT2D eigenvalue weighted by Crippen LogP contribution is -2.27. The van der Waals surface area contributed by atoms with Gasteiger partial charge >= 0.3 is 0 Å². The van der Waals surface area contributed by atoms with Crippen LogP contribution in [-0.2, 0) is 0 Å². The van der Waals surface area contributed by atoms with Crippen LogP contribution in [0.5, 0.6) is 0 Å². The minimum atomic E-state index is -0.351. The Morgan fingerprint density at radius 2 is 2.00 bits per heavy atom. The molecule has 0 aliphatic rings. The van der Waals surface area contributed by atoms with Gasteiger partial charge in [0, 0.05) is 4.88 Å². The van der Waals surface area contributed by atoms with E-state index in [-0.39, 0.29) is 27.8 Å². The van der Waals surface area contributed by atoms with E-state index in [1.54, 1.807) is 23.5 Å². The first-order chi connectivity index (χ1) is 9.38. The number of aromatic nitrogens is 2. The number of rotatable bonds is 3. The van der Waals surface area contributed by atoms with Crippen LogP contribution in [0.15, 0.2) is 12.1 Å². The average Bonchev–Trinajstić information content (AvgIpc) is 2.71. The van der Waals surface area contributed by atoms with E-state index >= 15 is 0 Å². The summed E-state index contributed by atoms with van der Waals surface area (Å²) in [6, 6.07) is 2.94. The number of hydrogen-bond acceptors (Lipinski definition) is 4. The van der Waals surface area contributed by atoms with Crippen LogP contribution in [0.1, 0.15) is 39.0 Å². The maximum atomic E-state index is 12.2. The summed E-state index contributed by atoms with van der Waals surface area (Å²) in [6.07, 6.45) is 0. The number of aryl methyl sites for hydroxylation is 2. The second-order valence-electron chi connectivity index (χ2n) is 4.34. The molecule has 20 heavy (non-hydrogen) atoms. The van der Waals surface area contributed by atoms with Gasteiger partial charge in [-0.3, -0.25) is 4.79 Å². The number of hydrogen-bond donors (Lipinski definition) is 1. The van der Waals surface area contributed by atoms with Crippen molar-refractivity contribution in [3.63, 3.8) is 0 Å². The van der Waals surface area contributed by atoms with Crippen LogP contribution >= 0.6 is 34.5 Å². The van der Waals surface area contributed by atoms with E-state index in [9.17, 15) is 4.79 Å². The van der Waals surface area contributed by atoms with Gasteiger partial charge in [0.25, 0.3) is 5.91 Å².